The third-order valence-electron chi connectivity index (χ3n) is 2.87. The lowest BCUT2D eigenvalue weighted by molar-refractivity contribution is 0.570. The van der Waals surface area contributed by atoms with Crippen LogP contribution in [0.2, 0.25) is 0 Å². The second-order valence-electron chi connectivity index (χ2n) is 4.40. The number of sulfonamides is 1. The maximum atomic E-state index is 13.7. The van der Waals surface area contributed by atoms with Gasteiger partial charge in [-0.05, 0) is 30.3 Å². The molecule has 0 fully saturated rings. The van der Waals surface area contributed by atoms with E-state index >= 15 is 0 Å². The molecule has 8 heteroatoms. The first-order valence-corrected chi connectivity index (χ1v) is 7.46. The van der Waals surface area contributed by atoms with Crippen molar-refractivity contribution >= 4 is 32.7 Å². The first kappa shape index (κ1) is 13.4. The van der Waals surface area contributed by atoms with Gasteiger partial charge in [0.05, 0.1) is 11.0 Å². The lowest BCUT2D eigenvalue weighted by Gasteiger charge is -2.06. The SMILES string of the molecule is Nc1ccc(S(=O)(=O)Nc2nc3ccccc3[nH]2)c(F)c1. The normalized spacial score (nSPS) is 11.7. The number of benzene rings is 2. The fraction of sp³-hybridized carbons (Fsp3) is 0. The summed E-state index contributed by atoms with van der Waals surface area (Å²) in [6.45, 7) is 0. The molecule has 2 aromatic carbocycles. The highest BCUT2D eigenvalue weighted by molar-refractivity contribution is 7.92. The van der Waals surface area contributed by atoms with Gasteiger partial charge in [-0.15, -0.1) is 0 Å². The Labute approximate surface area is 119 Å². The van der Waals surface area contributed by atoms with Crippen LogP contribution in [0.15, 0.2) is 47.4 Å². The topological polar surface area (TPSA) is 101 Å². The molecule has 0 amide bonds. The molecule has 21 heavy (non-hydrogen) atoms. The number of nitrogens with two attached hydrogens (primary N) is 1. The van der Waals surface area contributed by atoms with E-state index in [0.717, 1.165) is 12.1 Å². The molecule has 0 unspecified atom stereocenters. The Morgan fingerprint density at radius 2 is 1.95 bits per heavy atom. The highest BCUT2D eigenvalue weighted by atomic mass is 32.2. The molecule has 108 valence electrons. The highest BCUT2D eigenvalue weighted by Gasteiger charge is 2.20. The van der Waals surface area contributed by atoms with E-state index in [-0.39, 0.29) is 11.6 Å². The molecular weight excluding hydrogens is 295 g/mol. The van der Waals surface area contributed by atoms with Gasteiger partial charge in [-0.2, -0.15) is 0 Å². The van der Waals surface area contributed by atoms with Crippen LogP contribution in [0.3, 0.4) is 0 Å². The fourth-order valence-corrected chi connectivity index (χ4v) is 2.94. The number of halogens is 1. The molecule has 3 aromatic rings. The maximum absolute atomic E-state index is 13.7. The van der Waals surface area contributed by atoms with Crippen molar-refractivity contribution in [3.8, 4) is 0 Å². The van der Waals surface area contributed by atoms with E-state index in [1.165, 1.54) is 6.07 Å². The van der Waals surface area contributed by atoms with E-state index in [9.17, 15) is 12.8 Å². The number of nitrogen functional groups attached to an aromatic ring is 1. The van der Waals surface area contributed by atoms with Crippen LogP contribution in [0.4, 0.5) is 16.0 Å². The van der Waals surface area contributed by atoms with Crippen molar-refractivity contribution in [1.82, 2.24) is 9.97 Å². The number of hydrogen-bond donors (Lipinski definition) is 3. The van der Waals surface area contributed by atoms with Gasteiger partial charge >= 0.3 is 0 Å². The molecule has 1 aromatic heterocycles. The maximum Gasteiger partial charge on any atom is 0.267 e. The zero-order chi connectivity index (χ0) is 15.0. The Balaban J connectivity index is 1.99. The van der Waals surface area contributed by atoms with Crippen LogP contribution in [-0.2, 0) is 10.0 Å². The van der Waals surface area contributed by atoms with E-state index < -0.39 is 20.7 Å². The number of H-pyrrole nitrogens is 1. The number of aromatic amines is 1. The van der Waals surface area contributed by atoms with Crippen LogP contribution in [-0.4, -0.2) is 18.4 Å². The first-order valence-electron chi connectivity index (χ1n) is 5.98. The summed E-state index contributed by atoms with van der Waals surface area (Å²) in [7, 11) is -4.08. The number of nitrogens with zero attached hydrogens (tertiary/aromatic N) is 1. The summed E-state index contributed by atoms with van der Waals surface area (Å²) in [5.41, 5.74) is 6.83. The van der Waals surface area contributed by atoms with Gasteiger partial charge in [0.1, 0.15) is 10.7 Å². The lowest BCUT2D eigenvalue weighted by atomic mass is 10.3. The van der Waals surface area contributed by atoms with Crippen molar-refractivity contribution in [2.45, 2.75) is 4.90 Å². The third-order valence-corrected chi connectivity index (χ3v) is 4.24. The van der Waals surface area contributed by atoms with Gasteiger partial charge in [-0.3, -0.25) is 0 Å². The predicted molar refractivity (Wildman–Crippen MR) is 77.7 cm³/mol. The minimum absolute atomic E-state index is 0.0208. The monoisotopic (exact) mass is 306 g/mol. The molecule has 0 aliphatic heterocycles. The zero-order valence-electron chi connectivity index (χ0n) is 10.7. The molecule has 0 bridgehead atoms. The van der Waals surface area contributed by atoms with Gasteiger partial charge in [0.15, 0.2) is 0 Å². The molecule has 0 aliphatic carbocycles. The van der Waals surface area contributed by atoms with Crippen LogP contribution in [0, 0.1) is 5.82 Å². The molecule has 3 rings (SSSR count). The smallest absolute Gasteiger partial charge is 0.267 e. The number of fused-ring (bicyclic) bond motifs is 1. The van der Waals surface area contributed by atoms with Gasteiger partial charge in [0, 0.05) is 5.69 Å². The van der Waals surface area contributed by atoms with Crippen LogP contribution in [0.5, 0.6) is 0 Å². The van der Waals surface area contributed by atoms with Crippen LogP contribution in [0.25, 0.3) is 11.0 Å². The molecule has 0 aliphatic rings. The number of rotatable bonds is 3. The molecule has 0 atom stereocenters. The summed E-state index contributed by atoms with van der Waals surface area (Å²) in [5.74, 6) is -0.897. The summed E-state index contributed by atoms with van der Waals surface area (Å²) in [5, 5.41) is 0. The van der Waals surface area contributed by atoms with Gasteiger partial charge < -0.3 is 10.7 Å². The Hall–Kier alpha value is -2.61. The van der Waals surface area contributed by atoms with Gasteiger partial charge in [-0.25, -0.2) is 22.5 Å². The zero-order valence-corrected chi connectivity index (χ0v) is 11.5. The summed E-state index contributed by atoms with van der Waals surface area (Å²) in [4.78, 5) is 6.39. The Morgan fingerprint density at radius 1 is 1.19 bits per heavy atom. The molecule has 0 radical (unpaired) electrons. The quantitative estimate of drug-likeness (QED) is 0.645. The number of imidazole rings is 1. The number of anilines is 2. The van der Waals surface area contributed by atoms with Crippen molar-refractivity contribution in [3.05, 3.63) is 48.3 Å². The molecule has 0 saturated heterocycles. The van der Waals surface area contributed by atoms with Crippen LogP contribution >= 0.6 is 0 Å². The molecule has 6 nitrogen and oxygen atoms in total. The number of nitrogens with one attached hydrogen (secondary N) is 2. The first-order chi connectivity index (χ1) is 9.95. The van der Waals surface area contributed by atoms with Crippen molar-refractivity contribution in [2.75, 3.05) is 10.5 Å². The van der Waals surface area contributed by atoms with Gasteiger partial charge in [0.2, 0.25) is 5.95 Å². The average molecular weight is 306 g/mol. The van der Waals surface area contributed by atoms with Crippen molar-refractivity contribution in [2.24, 2.45) is 0 Å². The molecule has 1 heterocycles. The standard InChI is InChI=1S/C13H11FN4O2S/c14-9-7-8(15)5-6-12(9)21(19,20)18-13-16-10-3-1-2-4-11(10)17-13/h1-7H,15H2,(H2,16,17,18). The second kappa shape index (κ2) is 4.74. The van der Waals surface area contributed by atoms with E-state index in [2.05, 4.69) is 14.7 Å². The second-order valence-corrected chi connectivity index (χ2v) is 6.05. The Morgan fingerprint density at radius 3 is 2.67 bits per heavy atom. The largest absolute Gasteiger partial charge is 0.399 e. The van der Waals surface area contributed by atoms with Gasteiger partial charge in [0.25, 0.3) is 10.0 Å². The van der Waals surface area contributed by atoms with Crippen molar-refractivity contribution in [3.63, 3.8) is 0 Å². The van der Waals surface area contributed by atoms with Crippen LogP contribution in [0.1, 0.15) is 0 Å². The molecule has 0 saturated carbocycles. The summed E-state index contributed by atoms with van der Waals surface area (Å²) in [6, 6.07) is 10.4. The summed E-state index contributed by atoms with van der Waals surface area (Å²) in [6.07, 6.45) is 0. The Kier molecular flexibility index (Phi) is 3.02. The summed E-state index contributed by atoms with van der Waals surface area (Å²) < 4.78 is 40.2. The fourth-order valence-electron chi connectivity index (χ4n) is 1.92. The predicted octanol–water partition coefficient (Wildman–Crippen LogP) is 2.08. The minimum atomic E-state index is -4.08. The number of hydrogen-bond acceptors (Lipinski definition) is 4. The van der Waals surface area contributed by atoms with Crippen molar-refractivity contribution < 1.29 is 12.8 Å². The average Bonchev–Trinajstić information content (AvgIpc) is 2.79. The van der Waals surface area contributed by atoms with E-state index in [4.69, 9.17) is 5.73 Å². The summed E-state index contributed by atoms with van der Waals surface area (Å²) >= 11 is 0. The highest BCUT2D eigenvalue weighted by Crippen LogP contribution is 2.21. The van der Waals surface area contributed by atoms with E-state index in [0.29, 0.717) is 11.0 Å². The van der Waals surface area contributed by atoms with Gasteiger partial charge in [-0.1, -0.05) is 12.1 Å². The number of aromatic nitrogens is 2. The lowest BCUT2D eigenvalue weighted by Crippen LogP contribution is -2.15. The third kappa shape index (κ3) is 2.52. The molecular formula is C13H11FN4O2S. The number of para-hydroxylation sites is 2. The van der Waals surface area contributed by atoms with Crippen molar-refractivity contribution in [1.29, 1.82) is 0 Å². The Bertz CT molecular complexity index is 888. The van der Waals surface area contributed by atoms with E-state index in [1.54, 1.807) is 24.3 Å². The molecule has 0 spiro atoms. The minimum Gasteiger partial charge on any atom is -0.399 e. The van der Waals surface area contributed by atoms with E-state index in [1.807, 2.05) is 0 Å². The molecule has 4 N–H and O–H groups in total. The van der Waals surface area contributed by atoms with Crippen LogP contribution < -0.4 is 10.5 Å².